The van der Waals surface area contributed by atoms with Gasteiger partial charge in [0.1, 0.15) is 11.9 Å². The van der Waals surface area contributed by atoms with E-state index in [2.05, 4.69) is 46.1 Å². The number of carbonyl (C=O) groups excluding carboxylic acids is 2. The fourth-order valence-electron chi connectivity index (χ4n) is 7.73. The highest BCUT2D eigenvalue weighted by molar-refractivity contribution is 7.99. The van der Waals surface area contributed by atoms with Crippen molar-refractivity contribution in [2.24, 2.45) is 34.0 Å². The number of carbonyl (C=O) groups is 4. The summed E-state index contributed by atoms with van der Waals surface area (Å²) in [5.74, 6) is -1.14. The summed E-state index contributed by atoms with van der Waals surface area (Å²) in [6, 6.07) is 0. The van der Waals surface area contributed by atoms with Gasteiger partial charge in [-0.2, -0.15) is 0 Å². The molecule has 0 amide bonds. The number of aliphatic hydroxyl groups is 1. The zero-order valence-corrected chi connectivity index (χ0v) is 27.0. The first-order valence-corrected chi connectivity index (χ1v) is 16.3. The van der Waals surface area contributed by atoms with E-state index in [0.29, 0.717) is 36.5 Å². The molecule has 2 bridgehead atoms. The minimum absolute atomic E-state index is 0.00828. The summed E-state index contributed by atoms with van der Waals surface area (Å²) < 4.78 is 6.30. The van der Waals surface area contributed by atoms with Crippen molar-refractivity contribution in [3.63, 3.8) is 0 Å². The fourth-order valence-corrected chi connectivity index (χ4v) is 8.49. The van der Waals surface area contributed by atoms with Gasteiger partial charge in [-0.25, -0.2) is 9.59 Å². The number of carboxylic acid groups (broad SMARTS) is 2. The molecule has 3 fully saturated rings. The molecule has 8 atom stereocenters. The van der Waals surface area contributed by atoms with Crippen LogP contribution in [0.4, 0.5) is 0 Å². The molecular weight excluding hydrogens is 558 g/mol. The van der Waals surface area contributed by atoms with Crippen molar-refractivity contribution in [2.75, 3.05) is 31.1 Å². The van der Waals surface area contributed by atoms with Crippen LogP contribution in [0.15, 0.2) is 24.8 Å². The van der Waals surface area contributed by atoms with Crippen molar-refractivity contribution >= 4 is 35.5 Å². The molecule has 1 unspecified atom stereocenters. The van der Waals surface area contributed by atoms with Crippen molar-refractivity contribution in [3.8, 4) is 0 Å². The Morgan fingerprint density at radius 2 is 1.69 bits per heavy atom. The number of esters is 1. The molecule has 3 aliphatic carbocycles. The minimum Gasteiger partial charge on any atom is -0.478 e. The molecule has 0 heterocycles. The summed E-state index contributed by atoms with van der Waals surface area (Å²) in [5, 5.41) is 27.2. The van der Waals surface area contributed by atoms with Crippen LogP contribution in [0.2, 0.25) is 0 Å². The Kier molecular flexibility index (Phi) is 12.9. The van der Waals surface area contributed by atoms with E-state index >= 15 is 0 Å². The van der Waals surface area contributed by atoms with Crippen molar-refractivity contribution < 1.29 is 39.2 Å². The SMILES string of the molecule is C=C[C@]1(C)C[C@@H](OC(=O)CSCCN(CC)CC)[C@@]2(C)C(C)CC[C@]3(CCC(=O)[C@H]32)[C@@H](C)[C@@H]1O.O=C(O)/C=C\C(=O)O. The summed E-state index contributed by atoms with van der Waals surface area (Å²) in [7, 11) is 0. The van der Waals surface area contributed by atoms with E-state index in [9.17, 15) is 24.3 Å². The maximum atomic E-state index is 13.4. The first kappa shape index (κ1) is 36.0. The number of rotatable bonds is 11. The van der Waals surface area contributed by atoms with Gasteiger partial charge in [-0.3, -0.25) is 9.59 Å². The van der Waals surface area contributed by atoms with Gasteiger partial charge in [0.05, 0.1) is 11.9 Å². The maximum absolute atomic E-state index is 13.4. The zero-order valence-electron chi connectivity index (χ0n) is 26.1. The third-order valence-corrected chi connectivity index (χ3v) is 11.5. The van der Waals surface area contributed by atoms with Crippen LogP contribution in [0.3, 0.4) is 0 Å². The highest BCUT2D eigenvalue weighted by Gasteiger charge is 2.68. The molecule has 238 valence electrons. The van der Waals surface area contributed by atoms with Crippen molar-refractivity contribution in [3.05, 3.63) is 24.8 Å². The van der Waals surface area contributed by atoms with Gasteiger partial charge in [0.2, 0.25) is 0 Å². The molecular formula is C32H51NO8S. The van der Waals surface area contributed by atoms with Crippen molar-refractivity contribution in [1.82, 2.24) is 4.90 Å². The monoisotopic (exact) mass is 609 g/mol. The number of aliphatic carboxylic acids is 2. The first-order chi connectivity index (χ1) is 19.6. The second-order valence-corrected chi connectivity index (χ2v) is 13.8. The predicted octanol–water partition coefficient (Wildman–Crippen LogP) is 4.68. The van der Waals surface area contributed by atoms with Crippen LogP contribution in [0.5, 0.6) is 0 Å². The Labute approximate surface area is 255 Å². The van der Waals surface area contributed by atoms with Crippen LogP contribution in [0.25, 0.3) is 0 Å². The highest BCUT2D eigenvalue weighted by Crippen LogP contribution is 2.68. The lowest BCUT2D eigenvalue weighted by atomic mass is 9.44. The summed E-state index contributed by atoms with van der Waals surface area (Å²) in [5.41, 5.74) is -1.25. The molecule has 3 rings (SSSR count). The number of nitrogens with zero attached hydrogens (tertiary/aromatic N) is 1. The van der Waals surface area contributed by atoms with Crippen LogP contribution in [-0.2, 0) is 23.9 Å². The van der Waals surface area contributed by atoms with E-state index in [-0.39, 0.29) is 29.1 Å². The number of carboxylic acids is 2. The van der Waals surface area contributed by atoms with E-state index in [0.717, 1.165) is 44.6 Å². The number of hydrogen-bond acceptors (Lipinski definition) is 8. The van der Waals surface area contributed by atoms with Crippen LogP contribution < -0.4 is 0 Å². The third kappa shape index (κ3) is 7.66. The summed E-state index contributed by atoms with van der Waals surface area (Å²) in [6.07, 6.45) is 5.76. The predicted molar refractivity (Wildman–Crippen MR) is 164 cm³/mol. The number of ether oxygens (including phenoxy) is 1. The van der Waals surface area contributed by atoms with Gasteiger partial charge >= 0.3 is 17.9 Å². The summed E-state index contributed by atoms with van der Waals surface area (Å²) in [6.45, 7) is 20.0. The van der Waals surface area contributed by atoms with Gasteiger partial charge in [0.15, 0.2) is 0 Å². The van der Waals surface area contributed by atoms with E-state index in [4.69, 9.17) is 14.9 Å². The molecule has 0 aliphatic heterocycles. The van der Waals surface area contributed by atoms with Crippen LogP contribution in [-0.4, -0.2) is 87.3 Å². The Balaban J connectivity index is 0.000000675. The van der Waals surface area contributed by atoms with E-state index in [1.54, 1.807) is 11.8 Å². The Morgan fingerprint density at radius 3 is 2.21 bits per heavy atom. The Morgan fingerprint density at radius 1 is 1.10 bits per heavy atom. The summed E-state index contributed by atoms with van der Waals surface area (Å²) in [4.78, 5) is 48.0. The van der Waals surface area contributed by atoms with Gasteiger partial charge in [0.25, 0.3) is 0 Å². The highest BCUT2D eigenvalue weighted by atomic mass is 32.2. The first-order valence-electron chi connectivity index (χ1n) is 15.1. The molecule has 9 nitrogen and oxygen atoms in total. The number of thioether (sulfide) groups is 1. The topological polar surface area (TPSA) is 141 Å². The fraction of sp³-hybridized carbons (Fsp3) is 0.750. The van der Waals surface area contributed by atoms with Crippen LogP contribution >= 0.6 is 11.8 Å². The second-order valence-electron chi connectivity index (χ2n) is 12.7. The molecule has 0 spiro atoms. The lowest BCUT2D eigenvalue weighted by Crippen LogP contribution is -2.63. The standard InChI is InChI=1S/C28H47NO4S.C4H4O4/c1-8-26(6)17-22(33-23(31)18-34-16-15-29(9-2)10-3)27(7)19(4)11-13-28(20(5)25(26)32)14-12-21(30)24(27)28;5-3(6)1-2-4(7)8/h8,19-20,22,24-25,32H,1,9-18H2,2-7H3;1-2H,(H,5,6)(H,7,8)/b;2-1-/t19?,20-,22+,24-,25-,26+,27+,28-;/m0./s1. The van der Waals surface area contributed by atoms with Crippen LogP contribution in [0, 0.1) is 34.0 Å². The number of ketones is 1. The molecule has 3 saturated carbocycles. The Bertz CT molecular complexity index is 1010. The lowest BCUT2D eigenvalue weighted by Gasteiger charge is -2.61. The maximum Gasteiger partial charge on any atom is 0.328 e. The Hall–Kier alpha value is -2.17. The average molecular weight is 610 g/mol. The molecule has 42 heavy (non-hydrogen) atoms. The molecule has 10 heteroatoms. The van der Waals surface area contributed by atoms with Gasteiger partial charge in [-0.1, -0.05) is 47.6 Å². The normalized spacial score (nSPS) is 35.9. The van der Waals surface area contributed by atoms with Gasteiger partial charge in [-0.05, 0) is 56.0 Å². The molecule has 0 radical (unpaired) electrons. The number of Topliss-reactive ketones (excluding diaryl/α,β-unsaturated/α-hetero) is 1. The van der Waals surface area contributed by atoms with E-state index in [1.165, 1.54) is 0 Å². The summed E-state index contributed by atoms with van der Waals surface area (Å²) >= 11 is 1.61. The van der Waals surface area contributed by atoms with Gasteiger partial charge in [0, 0.05) is 47.6 Å². The average Bonchev–Trinajstić information content (AvgIpc) is 3.30. The smallest absolute Gasteiger partial charge is 0.328 e. The van der Waals surface area contributed by atoms with Crippen molar-refractivity contribution in [1.29, 1.82) is 0 Å². The minimum atomic E-state index is -1.26. The van der Waals surface area contributed by atoms with Gasteiger partial charge < -0.3 is 25.0 Å². The lowest BCUT2D eigenvalue weighted by molar-refractivity contribution is -0.205. The van der Waals surface area contributed by atoms with E-state index < -0.39 is 35.0 Å². The van der Waals surface area contributed by atoms with Gasteiger partial charge in [-0.15, -0.1) is 18.3 Å². The third-order valence-electron chi connectivity index (χ3n) is 10.6. The molecule has 0 aromatic carbocycles. The quantitative estimate of drug-likeness (QED) is 0.131. The molecule has 0 saturated heterocycles. The second kappa shape index (κ2) is 15.0. The number of hydrogen-bond donors (Lipinski definition) is 3. The molecule has 0 aromatic rings. The van der Waals surface area contributed by atoms with E-state index in [1.807, 2.05) is 13.0 Å². The number of aliphatic hydroxyl groups excluding tert-OH is 1. The zero-order chi connectivity index (χ0) is 31.9. The molecule has 3 N–H and O–H groups in total. The molecule has 3 aliphatic rings. The largest absolute Gasteiger partial charge is 0.478 e. The molecule has 0 aromatic heterocycles. The van der Waals surface area contributed by atoms with Crippen LogP contribution in [0.1, 0.15) is 73.6 Å². The van der Waals surface area contributed by atoms with Crippen molar-refractivity contribution in [2.45, 2.75) is 85.9 Å².